The quantitative estimate of drug-likeness (QED) is 0.548. The summed E-state index contributed by atoms with van der Waals surface area (Å²) in [4.78, 5) is 12.7. The van der Waals surface area contributed by atoms with Crippen LogP contribution in [0.2, 0.25) is 0 Å². The Kier molecular flexibility index (Phi) is 4.96. The fraction of sp³-hybridized carbons (Fsp3) is 0.353. The second kappa shape index (κ2) is 7.39. The van der Waals surface area contributed by atoms with Gasteiger partial charge in [0.2, 0.25) is 11.8 Å². The van der Waals surface area contributed by atoms with Crippen molar-refractivity contribution in [2.75, 3.05) is 12.3 Å². The first-order valence-electron chi connectivity index (χ1n) is 8.37. The average Bonchev–Trinajstić information content (AvgIpc) is 3.24. The van der Waals surface area contributed by atoms with Crippen molar-refractivity contribution in [2.45, 2.75) is 31.5 Å². The first-order chi connectivity index (χ1) is 13.0. The molecule has 1 fully saturated rings. The summed E-state index contributed by atoms with van der Waals surface area (Å²) in [5.74, 6) is 0.323. The highest BCUT2D eigenvalue weighted by Crippen LogP contribution is 2.32. The molecule has 1 saturated heterocycles. The van der Waals surface area contributed by atoms with Gasteiger partial charge in [-0.05, 0) is 17.7 Å². The van der Waals surface area contributed by atoms with Gasteiger partial charge in [0.15, 0.2) is 11.2 Å². The lowest BCUT2D eigenvalue weighted by atomic mass is 10.2. The van der Waals surface area contributed by atoms with Gasteiger partial charge in [0.1, 0.15) is 18.9 Å². The van der Waals surface area contributed by atoms with Crippen LogP contribution in [0.15, 0.2) is 35.1 Å². The predicted molar refractivity (Wildman–Crippen MR) is 99.8 cm³/mol. The number of rotatable bonds is 5. The molecule has 0 unspecified atom stereocenters. The van der Waals surface area contributed by atoms with Crippen LogP contribution in [0.1, 0.15) is 18.2 Å². The highest BCUT2D eigenvalue weighted by atomic mass is 79.9. The summed E-state index contributed by atoms with van der Waals surface area (Å²) in [5, 5.41) is 19.2. The second-order valence-corrected chi connectivity index (χ2v) is 7.16. The minimum absolute atomic E-state index is 0.0484. The fourth-order valence-electron chi connectivity index (χ4n) is 3.00. The minimum Gasteiger partial charge on any atom is -0.471 e. The smallest absolute Gasteiger partial charge is 0.247 e. The standard InChI is InChI=1S/C17H18BrN5O4/c18-10-3-1-9(2-4-10)7-26-16-14-15(21-17(19)22-16)23(8-20-14)13-5-11(25)12(6-24)27-13/h1-4,8,11-13,24-25H,5-7H2,(H2,19,21,22)/t11-,12+,13+/m0/s1. The summed E-state index contributed by atoms with van der Waals surface area (Å²) in [6, 6.07) is 7.73. The molecule has 27 heavy (non-hydrogen) atoms. The molecule has 0 radical (unpaired) electrons. The molecule has 0 amide bonds. The van der Waals surface area contributed by atoms with E-state index in [0.717, 1.165) is 10.0 Å². The van der Waals surface area contributed by atoms with Crippen LogP contribution >= 0.6 is 15.9 Å². The Hall–Kier alpha value is -2.27. The number of ether oxygens (including phenoxy) is 2. The highest BCUT2D eigenvalue weighted by Gasteiger charge is 2.35. The molecule has 2 aromatic heterocycles. The number of fused-ring (bicyclic) bond motifs is 1. The molecule has 1 aliphatic rings. The van der Waals surface area contributed by atoms with E-state index in [-0.39, 0.29) is 18.4 Å². The number of nitrogen functional groups attached to an aromatic ring is 1. The van der Waals surface area contributed by atoms with E-state index in [1.54, 1.807) is 10.9 Å². The zero-order valence-corrected chi connectivity index (χ0v) is 15.8. The SMILES string of the molecule is Nc1nc(OCc2ccc(Br)cc2)c2ncn([C@H]3C[C@H](O)[C@@H](CO)O3)c2n1. The van der Waals surface area contributed by atoms with Crippen LogP contribution in [0.4, 0.5) is 5.95 Å². The number of imidazole rings is 1. The molecule has 0 saturated carbocycles. The van der Waals surface area contributed by atoms with E-state index in [9.17, 15) is 10.2 Å². The van der Waals surface area contributed by atoms with Crippen molar-refractivity contribution in [3.05, 3.63) is 40.6 Å². The Morgan fingerprint density at radius 1 is 1.30 bits per heavy atom. The number of anilines is 1. The Labute approximate surface area is 162 Å². The summed E-state index contributed by atoms with van der Waals surface area (Å²) in [7, 11) is 0. The summed E-state index contributed by atoms with van der Waals surface area (Å²) in [6.45, 7) is 0.0416. The molecule has 142 valence electrons. The molecular formula is C17H18BrN5O4. The fourth-order valence-corrected chi connectivity index (χ4v) is 3.26. The van der Waals surface area contributed by atoms with Gasteiger partial charge < -0.3 is 25.4 Å². The van der Waals surface area contributed by atoms with Crippen molar-refractivity contribution in [2.24, 2.45) is 0 Å². The third-order valence-corrected chi connectivity index (χ3v) is 4.92. The monoisotopic (exact) mass is 435 g/mol. The number of nitrogens with zero attached hydrogens (tertiary/aromatic N) is 4. The molecule has 3 aromatic rings. The van der Waals surface area contributed by atoms with E-state index >= 15 is 0 Å². The third kappa shape index (κ3) is 3.61. The van der Waals surface area contributed by atoms with Crippen molar-refractivity contribution >= 4 is 33.0 Å². The molecular weight excluding hydrogens is 418 g/mol. The van der Waals surface area contributed by atoms with Crippen molar-refractivity contribution in [3.63, 3.8) is 0 Å². The number of halogens is 1. The largest absolute Gasteiger partial charge is 0.471 e. The van der Waals surface area contributed by atoms with Gasteiger partial charge in [-0.15, -0.1) is 0 Å². The topological polar surface area (TPSA) is 129 Å². The van der Waals surface area contributed by atoms with Crippen LogP contribution in [0.5, 0.6) is 5.88 Å². The van der Waals surface area contributed by atoms with E-state index in [1.165, 1.54) is 0 Å². The lowest BCUT2D eigenvalue weighted by Gasteiger charge is -2.14. The van der Waals surface area contributed by atoms with Crippen molar-refractivity contribution < 1.29 is 19.7 Å². The van der Waals surface area contributed by atoms with Crippen LogP contribution in [0.3, 0.4) is 0 Å². The van der Waals surface area contributed by atoms with Crippen LogP contribution in [0.25, 0.3) is 11.2 Å². The van der Waals surface area contributed by atoms with Crippen molar-refractivity contribution in [1.29, 1.82) is 0 Å². The Bertz CT molecular complexity index is 948. The van der Waals surface area contributed by atoms with Crippen molar-refractivity contribution in [1.82, 2.24) is 19.5 Å². The van der Waals surface area contributed by atoms with Gasteiger partial charge in [0, 0.05) is 10.9 Å². The van der Waals surface area contributed by atoms with Crippen LogP contribution in [-0.4, -0.2) is 48.5 Å². The molecule has 1 aliphatic heterocycles. The van der Waals surface area contributed by atoms with Gasteiger partial charge in [-0.3, -0.25) is 4.57 Å². The number of aromatic nitrogens is 4. The maximum absolute atomic E-state index is 9.96. The third-order valence-electron chi connectivity index (χ3n) is 4.39. The van der Waals surface area contributed by atoms with E-state index in [2.05, 4.69) is 30.9 Å². The van der Waals surface area contributed by atoms with Crippen LogP contribution < -0.4 is 10.5 Å². The van der Waals surface area contributed by atoms with Gasteiger partial charge in [-0.2, -0.15) is 9.97 Å². The number of aliphatic hydroxyl groups is 2. The zero-order valence-electron chi connectivity index (χ0n) is 14.2. The summed E-state index contributed by atoms with van der Waals surface area (Å²) in [6.07, 6.45) is -0.0433. The van der Waals surface area contributed by atoms with Gasteiger partial charge in [0.05, 0.1) is 19.0 Å². The molecule has 10 heteroatoms. The molecule has 9 nitrogen and oxygen atoms in total. The number of hydrogen-bond acceptors (Lipinski definition) is 8. The normalized spacial score (nSPS) is 22.4. The number of hydrogen-bond donors (Lipinski definition) is 3. The molecule has 0 spiro atoms. The number of nitrogens with two attached hydrogens (primary N) is 1. The Balaban J connectivity index is 1.61. The summed E-state index contributed by atoms with van der Waals surface area (Å²) >= 11 is 3.40. The molecule has 0 aliphatic carbocycles. The second-order valence-electron chi connectivity index (χ2n) is 6.24. The Morgan fingerprint density at radius 3 is 2.78 bits per heavy atom. The molecule has 3 atom stereocenters. The van der Waals surface area contributed by atoms with Crippen LogP contribution in [0, 0.1) is 0 Å². The Morgan fingerprint density at radius 2 is 2.07 bits per heavy atom. The lowest BCUT2D eigenvalue weighted by molar-refractivity contribution is -0.0432. The highest BCUT2D eigenvalue weighted by molar-refractivity contribution is 9.10. The molecule has 3 heterocycles. The van der Waals surface area contributed by atoms with E-state index in [1.807, 2.05) is 24.3 Å². The lowest BCUT2D eigenvalue weighted by Crippen LogP contribution is -2.24. The molecule has 0 bridgehead atoms. The predicted octanol–water partition coefficient (Wildman–Crippen LogP) is 1.39. The van der Waals surface area contributed by atoms with E-state index in [0.29, 0.717) is 24.2 Å². The van der Waals surface area contributed by atoms with Crippen LogP contribution in [-0.2, 0) is 11.3 Å². The summed E-state index contributed by atoms with van der Waals surface area (Å²) in [5.41, 5.74) is 7.71. The molecule has 1 aromatic carbocycles. The molecule has 4 rings (SSSR count). The van der Waals surface area contributed by atoms with Gasteiger partial charge in [-0.1, -0.05) is 28.1 Å². The first kappa shape index (κ1) is 18.1. The number of aliphatic hydroxyl groups excluding tert-OH is 2. The maximum atomic E-state index is 9.96. The first-order valence-corrected chi connectivity index (χ1v) is 9.16. The van der Waals surface area contributed by atoms with Gasteiger partial charge >= 0.3 is 0 Å². The summed E-state index contributed by atoms with van der Waals surface area (Å²) < 4.78 is 14.1. The van der Waals surface area contributed by atoms with E-state index < -0.39 is 18.4 Å². The van der Waals surface area contributed by atoms with E-state index in [4.69, 9.17) is 15.2 Å². The van der Waals surface area contributed by atoms with Crippen molar-refractivity contribution in [3.8, 4) is 5.88 Å². The average molecular weight is 436 g/mol. The molecule has 4 N–H and O–H groups in total. The van der Waals surface area contributed by atoms with Gasteiger partial charge in [-0.25, -0.2) is 4.98 Å². The van der Waals surface area contributed by atoms with Gasteiger partial charge in [0.25, 0.3) is 0 Å². The maximum Gasteiger partial charge on any atom is 0.247 e. The zero-order chi connectivity index (χ0) is 19.0. The minimum atomic E-state index is -0.759. The number of benzene rings is 1.